The Labute approximate surface area is 108 Å². The van der Waals surface area contributed by atoms with E-state index in [1.807, 2.05) is 6.07 Å². The number of ether oxygens (including phenoxy) is 1. The predicted molar refractivity (Wildman–Crippen MR) is 70.8 cm³/mol. The second kappa shape index (κ2) is 7.34. The minimum Gasteiger partial charge on any atom is -0.373 e. The SMILES string of the molecule is O=C(COCCC[C@@H]1CCCCN1)c1ccc[nH]1. The molecule has 0 saturated carbocycles. The van der Waals surface area contributed by atoms with E-state index in [-0.39, 0.29) is 12.4 Å². The van der Waals surface area contributed by atoms with E-state index in [0.29, 0.717) is 18.3 Å². The maximum Gasteiger partial charge on any atom is 0.204 e. The number of Topliss-reactive ketones (excluding diaryl/α,β-unsaturated/α-hetero) is 1. The molecule has 2 heterocycles. The first kappa shape index (κ1) is 13.3. The molecule has 0 unspecified atom stereocenters. The van der Waals surface area contributed by atoms with Crippen LogP contribution < -0.4 is 5.32 Å². The number of ketones is 1. The molecule has 0 amide bonds. The molecule has 1 aromatic heterocycles. The molecule has 18 heavy (non-hydrogen) atoms. The molecule has 4 heteroatoms. The number of rotatable bonds is 7. The summed E-state index contributed by atoms with van der Waals surface area (Å²) in [5, 5.41) is 3.51. The minimum atomic E-state index is 0.0239. The van der Waals surface area contributed by atoms with Gasteiger partial charge >= 0.3 is 0 Å². The highest BCUT2D eigenvalue weighted by atomic mass is 16.5. The van der Waals surface area contributed by atoms with Crippen LogP contribution in [0.15, 0.2) is 18.3 Å². The van der Waals surface area contributed by atoms with Crippen molar-refractivity contribution in [3.05, 3.63) is 24.0 Å². The molecule has 4 nitrogen and oxygen atoms in total. The summed E-state index contributed by atoms with van der Waals surface area (Å²) in [7, 11) is 0. The molecule has 0 spiro atoms. The zero-order chi connectivity index (χ0) is 12.6. The van der Waals surface area contributed by atoms with Gasteiger partial charge in [-0.1, -0.05) is 6.42 Å². The number of aromatic nitrogens is 1. The normalized spacial score (nSPS) is 19.9. The monoisotopic (exact) mass is 250 g/mol. The molecule has 2 rings (SSSR count). The fourth-order valence-corrected chi connectivity index (χ4v) is 2.35. The van der Waals surface area contributed by atoms with Crippen LogP contribution in [-0.2, 0) is 4.74 Å². The number of aromatic amines is 1. The maximum absolute atomic E-state index is 11.6. The molecule has 1 saturated heterocycles. The first-order valence-electron chi connectivity index (χ1n) is 6.84. The molecular formula is C14H22N2O2. The standard InChI is InChI=1S/C14H22N2O2/c17-14(13-7-3-9-16-13)11-18-10-4-6-12-5-1-2-8-15-12/h3,7,9,12,15-16H,1-2,4-6,8,10-11H2/t12-/m0/s1. The topological polar surface area (TPSA) is 54.1 Å². The number of carbonyl (C=O) groups is 1. The van der Waals surface area contributed by atoms with Crippen LogP contribution in [0.3, 0.4) is 0 Å². The van der Waals surface area contributed by atoms with E-state index in [1.54, 1.807) is 12.3 Å². The van der Waals surface area contributed by atoms with Crippen molar-refractivity contribution in [1.82, 2.24) is 10.3 Å². The van der Waals surface area contributed by atoms with Crippen LogP contribution in [0, 0.1) is 0 Å². The fraction of sp³-hybridized carbons (Fsp3) is 0.643. The summed E-state index contributed by atoms with van der Waals surface area (Å²) in [4.78, 5) is 14.5. The first-order valence-corrected chi connectivity index (χ1v) is 6.84. The Kier molecular flexibility index (Phi) is 5.42. The van der Waals surface area contributed by atoms with Gasteiger partial charge in [-0.25, -0.2) is 0 Å². The molecule has 1 aromatic rings. The van der Waals surface area contributed by atoms with Gasteiger partial charge in [0, 0.05) is 18.8 Å². The quantitative estimate of drug-likeness (QED) is 0.576. The molecule has 2 N–H and O–H groups in total. The highest BCUT2D eigenvalue weighted by molar-refractivity contribution is 5.95. The van der Waals surface area contributed by atoms with Gasteiger partial charge in [-0.15, -0.1) is 0 Å². The van der Waals surface area contributed by atoms with Gasteiger partial charge in [-0.3, -0.25) is 4.79 Å². The van der Waals surface area contributed by atoms with Gasteiger partial charge in [0.1, 0.15) is 6.61 Å². The molecule has 0 aliphatic carbocycles. The van der Waals surface area contributed by atoms with Crippen LogP contribution in [0.2, 0.25) is 0 Å². The molecular weight excluding hydrogens is 228 g/mol. The Balaban J connectivity index is 1.52. The number of carbonyl (C=O) groups excluding carboxylic acids is 1. The van der Waals surface area contributed by atoms with Crippen molar-refractivity contribution in [2.45, 2.75) is 38.1 Å². The van der Waals surface area contributed by atoms with Crippen LogP contribution in [0.1, 0.15) is 42.6 Å². The number of piperidine rings is 1. The van der Waals surface area contributed by atoms with Gasteiger partial charge < -0.3 is 15.0 Å². The smallest absolute Gasteiger partial charge is 0.204 e. The summed E-state index contributed by atoms with van der Waals surface area (Å²) in [5.41, 5.74) is 0.629. The molecule has 1 aliphatic rings. The highest BCUT2D eigenvalue weighted by Gasteiger charge is 2.12. The van der Waals surface area contributed by atoms with E-state index in [2.05, 4.69) is 10.3 Å². The van der Waals surface area contributed by atoms with Gasteiger partial charge in [0.25, 0.3) is 0 Å². The van der Waals surface area contributed by atoms with Crippen molar-refractivity contribution in [1.29, 1.82) is 0 Å². The summed E-state index contributed by atoms with van der Waals surface area (Å²) in [5.74, 6) is 0.0239. The third-order valence-electron chi connectivity index (χ3n) is 3.39. The Morgan fingerprint density at radius 2 is 2.39 bits per heavy atom. The Hall–Kier alpha value is -1.13. The van der Waals surface area contributed by atoms with E-state index < -0.39 is 0 Å². The number of nitrogens with one attached hydrogen (secondary N) is 2. The van der Waals surface area contributed by atoms with Gasteiger partial charge in [0.2, 0.25) is 5.78 Å². The second-order valence-corrected chi connectivity index (χ2v) is 4.85. The lowest BCUT2D eigenvalue weighted by Gasteiger charge is -2.23. The largest absolute Gasteiger partial charge is 0.373 e. The number of hydrogen-bond acceptors (Lipinski definition) is 3. The zero-order valence-corrected chi connectivity index (χ0v) is 10.8. The third-order valence-corrected chi connectivity index (χ3v) is 3.39. The van der Waals surface area contributed by atoms with E-state index in [4.69, 9.17) is 4.74 Å². The molecule has 1 aliphatic heterocycles. The molecule has 100 valence electrons. The second-order valence-electron chi connectivity index (χ2n) is 4.85. The van der Waals surface area contributed by atoms with Crippen molar-refractivity contribution in [3.63, 3.8) is 0 Å². The number of H-pyrrole nitrogens is 1. The predicted octanol–water partition coefficient (Wildman–Crippen LogP) is 2.14. The van der Waals surface area contributed by atoms with Crippen LogP contribution in [0.25, 0.3) is 0 Å². The van der Waals surface area contributed by atoms with E-state index in [0.717, 1.165) is 19.4 Å². The van der Waals surface area contributed by atoms with E-state index in [9.17, 15) is 4.79 Å². The zero-order valence-electron chi connectivity index (χ0n) is 10.8. The minimum absolute atomic E-state index is 0.0239. The lowest BCUT2D eigenvalue weighted by atomic mass is 10.0. The van der Waals surface area contributed by atoms with Gasteiger partial charge in [-0.2, -0.15) is 0 Å². The summed E-state index contributed by atoms with van der Waals surface area (Å²) in [6, 6.07) is 4.25. The Bertz CT molecular complexity index is 343. The molecule has 0 radical (unpaired) electrons. The average Bonchev–Trinajstić information content (AvgIpc) is 2.93. The van der Waals surface area contributed by atoms with Crippen molar-refractivity contribution in [3.8, 4) is 0 Å². The lowest BCUT2D eigenvalue weighted by Crippen LogP contribution is -2.34. The van der Waals surface area contributed by atoms with Gasteiger partial charge in [-0.05, 0) is 44.4 Å². The highest BCUT2D eigenvalue weighted by Crippen LogP contribution is 2.11. The van der Waals surface area contributed by atoms with Crippen LogP contribution in [0.5, 0.6) is 0 Å². The molecule has 1 fully saturated rings. The van der Waals surface area contributed by atoms with Crippen molar-refractivity contribution in [2.75, 3.05) is 19.8 Å². The maximum atomic E-state index is 11.6. The van der Waals surface area contributed by atoms with Crippen molar-refractivity contribution < 1.29 is 9.53 Å². The van der Waals surface area contributed by atoms with Gasteiger partial charge in [0.05, 0.1) is 5.69 Å². The summed E-state index contributed by atoms with van der Waals surface area (Å²) < 4.78 is 5.41. The summed E-state index contributed by atoms with van der Waals surface area (Å²) in [6.07, 6.45) is 7.84. The number of hydrogen-bond donors (Lipinski definition) is 2. The Morgan fingerprint density at radius 1 is 1.44 bits per heavy atom. The summed E-state index contributed by atoms with van der Waals surface area (Å²) >= 11 is 0. The van der Waals surface area contributed by atoms with E-state index in [1.165, 1.54) is 19.3 Å². The lowest BCUT2D eigenvalue weighted by molar-refractivity contribution is 0.0744. The van der Waals surface area contributed by atoms with Crippen LogP contribution in [0.4, 0.5) is 0 Å². The fourth-order valence-electron chi connectivity index (χ4n) is 2.35. The van der Waals surface area contributed by atoms with Crippen LogP contribution >= 0.6 is 0 Å². The van der Waals surface area contributed by atoms with Gasteiger partial charge in [0.15, 0.2) is 0 Å². The Morgan fingerprint density at radius 3 is 3.11 bits per heavy atom. The molecule has 0 bridgehead atoms. The van der Waals surface area contributed by atoms with E-state index >= 15 is 0 Å². The molecule has 0 aromatic carbocycles. The first-order chi connectivity index (χ1) is 8.86. The third kappa shape index (κ3) is 4.27. The van der Waals surface area contributed by atoms with Crippen LogP contribution in [-0.4, -0.2) is 36.6 Å². The van der Waals surface area contributed by atoms with Crippen molar-refractivity contribution in [2.24, 2.45) is 0 Å². The summed E-state index contributed by atoms with van der Waals surface area (Å²) in [6.45, 7) is 2.00. The van der Waals surface area contributed by atoms with Crippen molar-refractivity contribution >= 4 is 5.78 Å². The average molecular weight is 250 g/mol. The molecule has 1 atom stereocenters.